The molecule has 4 atom stereocenters. The minimum absolute atomic E-state index is 0.708. The smallest absolute Gasteiger partial charge is 0.0105 e. The summed E-state index contributed by atoms with van der Waals surface area (Å²) >= 11 is 0. The van der Waals surface area contributed by atoms with Crippen LogP contribution in [0.25, 0.3) is 0 Å². The van der Waals surface area contributed by atoms with Crippen LogP contribution in [0.3, 0.4) is 0 Å². The average molecular weight is 254 g/mol. The lowest BCUT2D eigenvalue weighted by atomic mass is 9.78. The van der Waals surface area contributed by atoms with Gasteiger partial charge in [-0.3, -0.25) is 0 Å². The average Bonchev–Trinajstić information content (AvgIpc) is 2.28. The Bertz CT molecular complexity index is 227. The van der Waals surface area contributed by atoms with Crippen LogP contribution in [-0.4, -0.2) is 37.6 Å². The molecule has 0 radical (unpaired) electrons. The molecule has 0 bridgehead atoms. The molecule has 0 aromatic rings. The Kier molecular flexibility index (Phi) is 6.65. The fourth-order valence-corrected chi connectivity index (χ4v) is 3.49. The van der Waals surface area contributed by atoms with E-state index in [1.54, 1.807) is 0 Å². The molecule has 0 saturated heterocycles. The maximum atomic E-state index is 3.53. The number of nitrogens with zero attached hydrogens (tertiary/aromatic N) is 1. The Morgan fingerprint density at radius 3 is 2.44 bits per heavy atom. The molecule has 18 heavy (non-hydrogen) atoms. The number of rotatable bonds is 6. The minimum Gasteiger partial charge on any atom is -0.317 e. The Labute approximate surface area is 115 Å². The molecule has 0 heterocycles. The molecule has 2 heteroatoms. The van der Waals surface area contributed by atoms with Crippen LogP contribution < -0.4 is 5.32 Å². The molecule has 0 aliphatic heterocycles. The normalized spacial score (nSPS) is 31.0. The standard InChI is InChI=1S/C16H34N2/c1-12(2)9-14(4)18(6)11-15-10-13(3)7-8-16(15)17-5/h12-17H,7-11H2,1-6H3. The first kappa shape index (κ1) is 16.0. The van der Waals surface area contributed by atoms with Crippen LogP contribution in [-0.2, 0) is 0 Å². The highest BCUT2D eigenvalue weighted by Crippen LogP contribution is 2.30. The van der Waals surface area contributed by atoms with E-state index in [9.17, 15) is 0 Å². The topological polar surface area (TPSA) is 15.3 Å². The second kappa shape index (κ2) is 7.49. The van der Waals surface area contributed by atoms with Crippen molar-refractivity contribution in [1.82, 2.24) is 10.2 Å². The van der Waals surface area contributed by atoms with Crippen LogP contribution in [0.5, 0.6) is 0 Å². The Morgan fingerprint density at radius 1 is 1.22 bits per heavy atom. The molecule has 1 aliphatic rings. The van der Waals surface area contributed by atoms with E-state index in [2.05, 4.69) is 52.0 Å². The van der Waals surface area contributed by atoms with Crippen molar-refractivity contribution in [3.63, 3.8) is 0 Å². The molecule has 1 fully saturated rings. The molecule has 1 aliphatic carbocycles. The van der Waals surface area contributed by atoms with Gasteiger partial charge in [-0.1, -0.05) is 20.8 Å². The van der Waals surface area contributed by atoms with E-state index in [1.807, 2.05) is 0 Å². The van der Waals surface area contributed by atoms with Crippen LogP contribution >= 0.6 is 0 Å². The van der Waals surface area contributed by atoms with E-state index < -0.39 is 0 Å². The Balaban J connectivity index is 2.47. The summed E-state index contributed by atoms with van der Waals surface area (Å²) < 4.78 is 0. The van der Waals surface area contributed by atoms with E-state index in [-0.39, 0.29) is 0 Å². The molecule has 0 aromatic carbocycles. The second-order valence-corrected chi connectivity index (χ2v) is 6.99. The van der Waals surface area contributed by atoms with Gasteiger partial charge in [-0.05, 0) is 64.5 Å². The number of hydrogen-bond donors (Lipinski definition) is 1. The zero-order valence-electron chi connectivity index (χ0n) is 13.4. The van der Waals surface area contributed by atoms with E-state index >= 15 is 0 Å². The third kappa shape index (κ3) is 4.89. The van der Waals surface area contributed by atoms with E-state index in [0.717, 1.165) is 23.8 Å². The van der Waals surface area contributed by atoms with Crippen molar-refractivity contribution in [3.8, 4) is 0 Å². The summed E-state index contributed by atoms with van der Waals surface area (Å²) in [6.07, 6.45) is 5.45. The first-order valence-electron chi connectivity index (χ1n) is 7.81. The van der Waals surface area contributed by atoms with Crippen molar-refractivity contribution in [2.24, 2.45) is 17.8 Å². The third-order valence-electron chi connectivity index (χ3n) is 4.70. The summed E-state index contributed by atoms with van der Waals surface area (Å²) in [5, 5.41) is 3.53. The van der Waals surface area contributed by atoms with E-state index in [4.69, 9.17) is 0 Å². The van der Waals surface area contributed by atoms with Crippen LogP contribution in [0.1, 0.15) is 53.4 Å². The molecule has 4 unspecified atom stereocenters. The van der Waals surface area contributed by atoms with Crippen molar-refractivity contribution < 1.29 is 0 Å². The van der Waals surface area contributed by atoms with Crippen molar-refractivity contribution in [2.45, 2.75) is 65.5 Å². The van der Waals surface area contributed by atoms with Crippen molar-refractivity contribution in [1.29, 1.82) is 0 Å². The lowest BCUT2D eigenvalue weighted by molar-refractivity contribution is 0.134. The third-order valence-corrected chi connectivity index (χ3v) is 4.70. The molecule has 0 aromatic heterocycles. The van der Waals surface area contributed by atoms with Crippen LogP contribution in [0.4, 0.5) is 0 Å². The molecule has 1 rings (SSSR count). The quantitative estimate of drug-likeness (QED) is 0.782. The van der Waals surface area contributed by atoms with Gasteiger partial charge in [0.2, 0.25) is 0 Å². The largest absolute Gasteiger partial charge is 0.317 e. The predicted molar refractivity (Wildman–Crippen MR) is 80.9 cm³/mol. The van der Waals surface area contributed by atoms with Gasteiger partial charge in [0.15, 0.2) is 0 Å². The first-order valence-corrected chi connectivity index (χ1v) is 7.81. The van der Waals surface area contributed by atoms with Gasteiger partial charge >= 0.3 is 0 Å². The van der Waals surface area contributed by atoms with Crippen molar-refractivity contribution in [3.05, 3.63) is 0 Å². The van der Waals surface area contributed by atoms with Gasteiger partial charge in [0.05, 0.1) is 0 Å². The second-order valence-electron chi connectivity index (χ2n) is 6.99. The summed E-state index contributed by atoms with van der Waals surface area (Å²) in [5.41, 5.74) is 0. The van der Waals surface area contributed by atoms with Gasteiger partial charge in [-0.25, -0.2) is 0 Å². The fraction of sp³-hybridized carbons (Fsp3) is 1.00. The molecule has 0 amide bonds. The molecule has 1 N–H and O–H groups in total. The van der Waals surface area contributed by atoms with E-state index in [1.165, 1.54) is 32.2 Å². The highest BCUT2D eigenvalue weighted by atomic mass is 15.1. The highest BCUT2D eigenvalue weighted by Gasteiger charge is 2.29. The fourth-order valence-electron chi connectivity index (χ4n) is 3.49. The van der Waals surface area contributed by atoms with Crippen LogP contribution in [0.2, 0.25) is 0 Å². The Hall–Kier alpha value is -0.0800. The van der Waals surface area contributed by atoms with Gasteiger partial charge in [0, 0.05) is 18.6 Å². The molecular weight excluding hydrogens is 220 g/mol. The van der Waals surface area contributed by atoms with Crippen LogP contribution in [0.15, 0.2) is 0 Å². The summed E-state index contributed by atoms with van der Waals surface area (Å²) in [4.78, 5) is 2.58. The van der Waals surface area contributed by atoms with Crippen molar-refractivity contribution >= 4 is 0 Å². The molecular formula is C16H34N2. The van der Waals surface area contributed by atoms with Crippen molar-refractivity contribution in [2.75, 3.05) is 20.6 Å². The maximum Gasteiger partial charge on any atom is 0.0105 e. The molecule has 2 nitrogen and oxygen atoms in total. The zero-order chi connectivity index (χ0) is 13.7. The summed E-state index contributed by atoms with van der Waals surface area (Å²) in [7, 11) is 4.43. The first-order chi connectivity index (χ1) is 8.43. The lowest BCUT2D eigenvalue weighted by Gasteiger charge is -2.38. The minimum atomic E-state index is 0.708. The predicted octanol–water partition coefficient (Wildman–Crippen LogP) is 3.38. The number of hydrogen-bond acceptors (Lipinski definition) is 2. The molecule has 108 valence electrons. The SMILES string of the molecule is CNC1CCC(C)CC1CN(C)C(C)CC(C)C. The van der Waals surface area contributed by atoms with Gasteiger partial charge in [0.1, 0.15) is 0 Å². The zero-order valence-corrected chi connectivity index (χ0v) is 13.4. The maximum absolute atomic E-state index is 3.53. The van der Waals surface area contributed by atoms with Gasteiger partial charge in [-0.2, -0.15) is 0 Å². The lowest BCUT2D eigenvalue weighted by Crippen LogP contribution is -2.45. The summed E-state index contributed by atoms with van der Waals surface area (Å²) in [6.45, 7) is 10.7. The van der Waals surface area contributed by atoms with Gasteiger partial charge < -0.3 is 10.2 Å². The molecule has 0 spiro atoms. The van der Waals surface area contributed by atoms with Gasteiger partial charge in [-0.15, -0.1) is 0 Å². The van der Waals surface area contributed by atoms with Crippen LogP contribution in [0, 0.1) is 17.8 Å². The summed E-state index contributed by atoms with van der Waals surface area (Å²) in [6, 6.07) is 1.44. The van der Waals surface area contributed by atoms with Gasteiger partial charge in [0.25, 0.3) is 0 Å². The monoisotopic (exact) mass is 254 g/mol. The molecule has 1 saturated carbocycles. The summed E-state index contributed by atoms with van der Waals surface area (Å²) in [5.74, 6) is 2.54. The number of nitrogens with one attached hydrogen (secondary N) is 1. The Morgan fingerprint density at radius 2 is 1.89 bits per heavy atom. The van der Waals surface area contributed by atoms with E-state index in [0.29, 0.717) is 6.04 Å². The highest BCUT2D eigenvalue weighted by molar-refractivity contribution is 4.85.